The first-order valence-corrected chi connectivity index (χ1v) is 13.4. The summed E-state index contributed by atoms with van der Waals surface area (Å²) in [5.41, 5.74) is 3.27. The molecule has 208 valence electrons. The van der Waals surface area contributed by atoms with Gasteiger partial charge in [0, 0.05) is 22.3 Å². The van der Waals surface area contributed by atoms with E-state index < -0.39 is 12.6 Å². The number of ketones is 1. The van der Waals surface area contributed by atoms with E-state index in [1.54, 1.807) is 6.07 Å². The number of esters is 1. The first kappa shape index (κ1) is 26.3. The monoisotopic (exact) mass is 551 g/mol. The number of rotatable bonds is 9. The Morgan fingerprint density at radius 3 is 2.49 bits per heavy atom. The maximum Gasteiger partial charge on any atom is 0.375 e. The molecule has 0 radical (unpaired) electrons. The lowest BCUT2D eigenvalue weighted by Crippen LogP contribution is -2.33. The van der Waals surface area contributed by atoms with Gasteiger partial charge in [0.2, 0.25) is 11.5 Å². The molecule has 2 aromatic heterocycles. The van der Waals surface area contributed by atoms with Crippen molar-refractivity contribution in [1.82, 2.24) is 4.57 Å². The number of furan rings is 1. The van der Waals surface area contributed by atoms with E-state index in [0.717, 1.165) is 22.5 Å². The van der Waals surface area contributed by atoms with Crippen molar-refractivity contribution in [3.63, 3.8) is 0 Å². The van der Waals surface area contributed by atoms with Gasteiger partial charge in [0.15, 0.2) is 24.2 Å². The number of benzene rings is 3. The van der Waals surface area contributed by atoms with E-state index in [0.29, 0.717) is 41.4 Å². The molecule has 0 aliphatic carbocycles. The second-order valence-electron chi connectivity index (χ2n) is 9.90. The highest BCUT2D eigenvalue weighted by molar-refractivity contribution is 6.01. The topological polar surface area (TPSA) is 89.1 Å². The highest BCUT2D eigenvalue weighted by Gasteiger charge is 2.26. The second kappa shape index (κ2) is 11.3. The second-order valence-corrected chi connectivity index (χ2v) is 9.90. The van der Waals surface area contributed by atoms with Crippen molar-refractivity contribution in [2.45, 2.75) is 33.1 Å². The fourth-order valence-electron chi connectivity index (χ4n) is 5.07. The summed E-state index contributed by atoms with van der Waals surface area (Å²) in [4.78, 5) is 26.3. The van der Waals surface area contributed by atoms with Gasteiger partial charge in [-0.2, -0.15) is 0 Å². The van der Waals surface area contributed by atoms with Crippen molar-refractivity contribution in [3.8, 4) is 17.2 Å². The van der Waals surface area contributed by atoms with Crippen molar-refractivity contribution in [2.24, 2.45) is 0 Å². The number of ether oxygens (including phenoxy) is 4. The van der Waals surface area contributed by atoms with Crippen molar-refractivity contribution in [2.75, 3.05) is 13.2 Å². The zero-order valence-electron chi connectivity index (χ0n) is 22.8. The molecule has 3 aromatic carbocycles. The molecule has 41 heavy (non-hydrogen) atoms. The fraction of sp³-hybridized carbons (Fsp3) is 0.212. The highest BCUT2D eigenvalue weighted by Crippen LogP contribution is 2.32. The molecule has 0 fully saturated rings. The Balaban J connectivity index is 1.14. The number of Topliss-reactive ketones (excluding diaryl/α,β-unsaturated/α-hetero) is 1. The van der Waals surface area contributed by atoms with Gasteiger partial charge in [-0.15, -0.1) is 0 Å². The van der Waals surface area contributed by atoms with Gasteiger partial charge in [-0.3, -0.25) is 4.79 Å². The predicted octanol–water partition coefficient (Wildman–Crippen LogP) is 6.31. The number of aromatic nitrogens is 1. The van der Waals surface area contributed by atoms with Crippen molar-refractivity contribution >= 4 is 22.7 Å². The zero-order chi connectivity index (χ0) is 28.3. The van der Waals surface area contributed by atoms with Crippen LogP contribution in [0.2, 0.25) is 0 Å². The van der Waals surface area contributed by atoms with Gasteiger partial charge in [0.05, 0.1) is 12.1 Å². The highest BCUT2D eigenvalue weighted by atomic mass is 16.6. The SMILES string of the molecule is Cc1cc(C(=O)COC(=O)c2oc3ccccc3c2COc2ccccc2)c(C)n1C[C@H]1COc2ccccc2O1. The van der Waals surface area contributed by atoms with Crippen molar-refractivity contribution < 1.29 is 33.0 Å². The minimum absolute atomic E-state index is 0.0233. The molecule has 6 rings (SSSR count). The van der Waals surface area contributed by atoms with Crippen LogP contribution in [0, 0.1) is 13.8 Å². The Bertz CT molecular complexity index is 1720. The maximum absolute atomic E-state index is 13.2. The minimum Gasteiger partial charge on any atom is -0.489 e. The van der Waals surface area contributed by atoms with Crippen LogP contribution in [0.1, 0.15) is 37.9 Å². The largest absolute Gasteiger partial charge is 0.489 e. The lowest BCUT2D eigenvalue weighted by Gasteiger charge is -2.27. The number of para-hydroxylation sites is 4. The summed E-state index contributed by atoms with van der Waals surface area (Å²) in [5.74, 6) is 1.09. The predicted molar refractivity (Wildman–Crippen MR) is 152 cm³/mol. The lowest BCUT2D eigenvalue weighted by molar-refractivity contribution is 0.0442. The Morgan fingerprint density at radius 2 is 1.66 bits per heavy atom. The fourth-order valence-corrected chi connectivity index (χ4v) is 5.07. The standard InChI is InChI=1S/C33H29NO7/c1-21-16-26(22(2)34(21)17-24-18-38-30-14-8-9-15-31(30)40-24)28(35)20-39-33(36)32-27(19-37-23-10-4-3-5-11-23)25-12-6-7-13-29(25)41-32/h3-16,24H,17-20H2,1-2H3/t24-/m0/s1. The van der Waals surface area contributed by atoms with Gasteiger partial charge < -0.3 is 27.9 Å². The molecule has 0 spiro atoms. The summed E-state index contributed by atoms with van der Waals surface area (Å²) in [5, 5.41) is 0.752. The average Bonchev–Trinajstić information content (AvgIpc) is 3.51. The molecule has 5 aromatic rings. The molecule has 0 saturated carbocycles. The number of aryl methyl sites for hydroxylation is 1. The molecule has 0 N–H and O–H groups in total. The number of nitrogens with zero attached hydrogens (tertiary/aromatic N) is 1. The van der Waals surface area contributed by atoms with Crippen LogP contribution in [0.25, 0.3) is 11.0 Å². The van der Waals surface area contributed by atoms with E-state index in [1.165, 1.54) is 0 Å². The van der Waals surface area contributed by atoms with Crippen LogP contribution in [0.15, 0.2) is 89.3 Å². The Hall–Kier alpha value is -4.98. The molecule has 8 heteroatoms. The summed E-state index contributed by atoms with van der Waals surface area (Å²) >= 11 is 0. The summed E-state index contributed by atoms with van der Waals surface area (Å²) in [6, 6.07) is 26.0. The van der Waals surface area contributed by atoms with Gasteiger partial charge in [-0.1, -0.05) is 48.5 Å². The Labute approximate surface area is 237 Å². The van der Waals surface area contributed by atoms with Crippen molar-refractivity contribution in [3.05, 3.63) is 113 Å². The van der Waals surface area contributed by atoms with Crippen LogP contribution in [-0.2, 0) is 17.9 Å². The molecule has 0 saturated heterocycles. The molecule has 3 heterocycles. The normalized spacial score (nSPS) is 14.1. The number of hydrogen-bond acceptors (Lipinski definition) is 7. The van der Waals surface area contributed by atoms with Crippen molar-refractivity contribution in [1.29, 1.82) is 0 Å². The molecule has 1 atom stereocenters. The molecule has 0 unspecified atom stereocenters. The third-order valence-electron chi connectivity index (χ3n) is 7.17. The van der Waals surface area contributed by atoms with Crippen LogP contribution in [0.5, 0.6) is 17.2 Å². The van der Waals surface area contributed by atoms with Crippen LogP contribution < -0.4 is 14.2 Å². The van der Waals surface area contributed by atoms with Gasteiger partial charge in [-0.05, 0) is 50.2 Å². The summed E-state index contributed by atoms with van der Waals surface area (Å²) in [7, 11) is 0. The smallest absolute Gasteiger partial charge is 0.375 e. The third-order valence-corrected chi connectivity index (χ3v) is 7.17. The quantitative estimate of drug-likeness (QED) is 0.157. The molecule has 1 aliphatic heterocycles. The molecule has 8 nitrogen and oxygen atoms in total. The van der Waals surface area contributed by atoms with E-state index in [2.05, 4.69) is 0 Å². The van der Waals surface area contributed by atoms with E-state index in [-0.39, 0.29) is 24.3 Å². The summed E-state index contributed by atoms with van der Waals surface area (Å²) in [6.07, 6.45) is -0.208. The van der Waals surface area contributed by atoms with E-state index >= 15 is 0 Å². The number of carbonyl (C=O) groups excluding carboxylic acids is 2. The van der Waals surface area contributed by atoms with E-state index in [1.807, 2.05) is 97.3 Å². The maximum atomic E-state index is 13.2. The Morgan fingerprint density at radius 1 is 0.927 bits per heavy atom. The number of fused-ring (bicyclic) bond motifs is 2. The van der Waals surface area contributed by atoms with E-state index in [4.69, 9.17) is 23.4 Å². The minimum atomic E-state index is -0.721. The molecule has 0 bridgehead atoms. The first-order valence-electron chi connectivity index (χ1n) is 13.4. The summed E-state index contributed by atoms with van der Waals surface area (Å²) < 4.78 is 31.2. The van der Waals surface area contributed by atoms with Crippen LogP contribution >= 0.6 is 0 Å². The summed E-state index contributed by atoms with van der Waals surface area (Å²) in [6.45, 7) is 4.41. The molecule has 1 aliphatic rings. The van der Waals surface area contributed by atoms with Gasteiger partial charge in [0.25, 0.3) is 0 Å². The Kier molecular flexibility index (Phi) is 7.20. The van der Waals surface area contributed by atoms with Gasteiger partial charge in [0.1, 0.15) is 24.5 Å². The molecular formula is C33H29NO7. The number of carbonyl (C=O) groups is 2. The molecular weight excluding hydrogens is 522 g/mol. The van der Waals surface area contributed by atoms with Crippen LogP contribution in [-0.4, -0.2) is 35.6 Å². The first-order chi connectivity index (χ1) is 20.0. The third kappa shape index (κ3) is 5.41. The van der Waals surface area contributed by atoms with Gasteiger partial charge >= 0.3 is 5.97 Å². The van der Waals surface area contributed by atoms with Crippen LogP contribution in [0.3, 0.4) is 0 Å². The van der Waals surface area contributed by atoms with E-state index in [9.17, 15) is 9.59 Å². The van der Waals surface area contributed by atoms with Gasteiger partial charge in [-0.25, -0.2) is 4.79 Å². The zero-order valence-corrected chi connectivity index (χ0v) is 22.8. The lowest BCUT2D eigenvalue weighted by atomic mass is 10.1. The van der Waals surface area contributed by atoms with Crippen LogP contribution in [0.4, 0.5) is 0 Å². The average molecular weight is 552 g/mol. The molecule has 0 amide bonds. The number of hydrogen-bond donors (Lipinski definition) is 0.